The van der Waals surface area contributed by atoms with Crippen LogP contribution in [0.15, 0.2) is 40.9 Å². The highest BCUT2D eigenvalue weighted by atomic mass is 16.1. The number of aldehydes is 1. The second-order valence-electron chi connectivity index (χ2n) is 3.95. The van der Waals surface area contributed by atoms with Gasteiger partial charge >= 0.3 is 0 Å². The summed E-state index contributed by atoms with van der Waals surface area (Å²) in [4.78, 5) is 15.5. The topological polar surface area (TPSA) is 29.4 Å². The third-order valence-electron chi connectivity index (χ3n) is 3.10. The number of rotatable bonds is 2. The van der Waals surface area contributed by atoms with Crippen molar-refractivity contribution < 1.29 is 4.79 Å². The Morgan fingerprint density at radius 2 is 2.19 bits per heavy atom. The van der Waals surface area contributed by atoms with Gasteiger partial charge in [0.2, 0.25) is 0 Å². The Hall–Kier alpha value is -1.96. The molecule has 2 heteroatoms. The smallest absolute Gasteiger partial charge is 0.152 e. The van der Waals surface area contributed by atoms with Crippen LogP contribution in [0.2, 0.25) is 0 Å². The third-order valence-corrected chi connectivity index (χ3v) is 3.10. The molecule has 1 aromatic carbocycles. The van der Waals surface area contributed by atoms with Crippen molar-refractivity contribution in [3.05, 3.63) is 47.1 Å². The maximum atomic E-state index is 10.9. The SMILES string of the molecule is CCC1=C2C(=Nc3c(C=O)cccc32)C=C1. The van der Waals surface area contributed by atoms with Crippen LogP contribution < -0.4 is 0 Å². The number of nitrogens with zero attached hydrogens (tertiary/aromatic N) is 1. The maximum absolute atomic E-state index is 10.9. The van der Waals surface area contributed by atoms with Gasteiger partial charge in [-0.3, -0.25) is 4.79 Å². The predicted molar refractivity (Wildman–Crippen MR) is 65.3 cm³/mol. The molecule has 2 aliphatic rings. The summed E-state index contributed by atoms with van der Waals surface area (Å²) < 4.78 is 0. The fourth-order valence-electron chi connectivity index (χ4n) is 2.31. The van der Waals surface area contributed by atoms with Gasteiger partial charge in [0.05, 0.1) is 11.4 Å². The number of fused-ring (bicyclic) bond motifs is 3. The minimum Gasteiger partial charge on any atom is -0.298 e. The van der Waals surface area contributed by atoms with E-state index in [4.69, 9.17) is 0 Å². The van der Waals surface area contributed by atoms with E-state index in [-0.39, 0.29) is 0 Å². The highest BCUT2D eigenvalue weighted by Gasteiger charge is 2.26. The molecular formula is C14H11NO. The molecule has 1 aliphatic heterocycles. The Labute approximate surface area is 94.0 Å². The minimum absolute atomic E-state index is 0.677. The van der Waals surface area contributed by atoms with Gasteiger partial charge in [-0.15, -0.1) is 0 Å². The molecule has 2 nitrogen and oxygen atoms in total. The number of carbonyl (C=O) groups excluding carboxylic acids is 1. The zero-order valence-electron chi connectivity index (χ0n) is 9.03. The fourth-order valence-corrected chi connectivity index (χ4v) is 2.31. The number of hydrogen-bond acceptors (Lipinski definition) is 2. The van der Waals surface area contributed by atoms with Crippen molar-refractivity contribution in [1.82, 2.24) is 0 Å². The molecule has 0 radical (unpaired) electrons. The number of allylic oxidation sites excluding steroid dienone is 4. The van der Waals surface area contributed by atoms with E-state index in [0.717, 1.165) is 29.7 Å². The zero-order valence-corrected chi connectivity index (χ0v) is 9.03. The molecule has 1 heterocycles. The fraction of sp³-hybridized carbons (Fsp3) is 0.143. The van der Waals surface area contributed by atoms with E-state index >= 15 is 0 Å². The maximum Gasteiger partial charge on any atom is 0.152 e. The summed E-state index contributed by atoms with van der Waals surface area (Å²) in [6, 6.07) is 5.77. The van der Waals surface area contributed by atoms with Gasteiger partial charge in [-0.2, -0.15) is 0 Å². The van der Waals surface area contributed by atoms with E-state index in [1.54, 1.807) is 0 Å². The first-order valence-corrected chi connectivity index (χ1v) is 5.44. The summed E-state index contributed by atoms with van der Waals surface area (Å²) in [5, 5.41) is 0. The lowest BCUT2D eigenvalue weighted by atomic mass is 9.98. The monoisotopic (exact) mass is 209 g/mol. The van der Waals surface area contributed by atoms with Crippen LogP contribution in [0.3, 0.4) is 0 Å². The van der Waals surface area contributed by atoms with Crippen molar-refractivity contribution in [3.63, 3.8) is 0 Å². The van der Waals surface area contributed by atoms with Gasteiger partial charge in [0.25, 0.3) is 0 Å². The lowest BCUT2D eigenvalue weighted by Crippen LogP contribution is -1.90. The van der Waals surface area contributed by atoms with Crippen molar-refractivity contribution >= 4 is 23.3 Å². The molecule has 0 atom stereocenters. The minimum atomic E-state index is 0.677. The average molecular weight is 209 g/mol. The van der Waals surface area contributed by atoms with Gasteiger partial charge in [0, 0.05) is 16.7 Å². The second kappa shape index (κ2) is 3.27. The molecule has 16 heavy (non-hydrogen) atoms. The first-order chi connectivity index (χ1) is 7.85. The van der Waals surface area contributed by atoms with Gasteiger partial charge in [0.1, 0.15) is 0 Å². The van der Waals surface area contributed by atoms with Crippen LogP contribution in [-0.2, 0) is 0 Å². The summed E-state index contributed by atoms with van der Waals surface area (Å²) in [5.74, 6) is 0. The quantitative estimate of drug-likeness (QED) is 0.687. The molecule has 0 amide bonds. The number of aliphatic imine (C=N–C) groups is 1. The van der Waals surface area contributed by atoms with Crippen molar-refractivity contribution in [2.45, 2.75) is 13.3 Å². The molecule has 0 aromatic heterocycles. The summed E-state index contributed by atoms with van der Waals surface area (Å²) in [7, 11) is 0. The molecular weight excluding hydrogens is 198 g/mol. The van der Waals surface area contributed by atoms with Crippen LogP contribution in [0.1, 0.15) is 29.3 Å². The van der Waals surface area contributed by atoms with Crippen LogP contribution in [0, 0.1) is 0 Å². The molecule has 1 aliphatic carbocycles. The van der Waals surface area contributed by atoms with E-state index in [0.29, 0.717) is 5.56 Å². The summed E-state index contributed by atoms with van der Waals surface area (Å²) >= 11 is 0. The molecule has 0 fully saturated rings. The molecule has 0 saturated carbocycles. The molecule has 0 bridgehead atoms. The Balaban J connectivity index is 2.29. The predicted octanol–water partition coefficient (Wildman–Crippen LogP) is 3.32. The summed E-state index contributed by atoms with van der Waals surface area (Å²) in [6.07, 6.45) is 6.02. The number of hydrogen-bond donors (Lipinski definition) is 0. The van der Waals surface area contributed by atoms with Crippen LogP contribution in [0.5, 0.6) is 0 Å². The summed E-state index contributed by atoms with van der Waals surface area (Å²) in [5.41, 5.74) is 6.12. The Morgan fingerprint density at radius 1 is 1.31 bits per heavy atom. The molecule has 1 aromatic rings. The largest absolute Gasteiger partial charge is 0.298 e. The van der Waals surface area contributed by atoms with Gasteiger partial charge in [-0.25, -0.2) is 4.99 Å². The Kier molecular flexibility index (Phi) is 1.90. The lowest BCUT2D eigenvalue weighted by molar-refractivity contribution is 0.112. The highest BCUT2D eigenvalue weighted by Crippen LogP contribution is 2.42. The van der Waals surface area contributed by atoms with Gasteiger partial charge < -0.3 is 0 Å². The highest BCUT2D eigenvalue weighted by molar-refractivity contribution is 6.37. The average Bonchev–Trinajstić information content (AvgIpc) is 2.86. The Bertz CT molecular complexity index is 576. The Morgan fingerprint density at radius 3 is 2.94 bits per heavy atom. The van der Waals surface area contributed by atoms with Crippen LogP contribution in [-0.4, -0.2) is 12.0 Å². The normalized spacial score (nSPS) is 16.2. The van der Waals surface area contributed by atoms with Crippen molar-refractivity contribution in [1.29, 1.82) is 0 Å². The van der Waals surface area contributed by atoms with E-state index in [1.807, 2.05) is 24.3 Å². The molecule has 0 unspecified atom stereocenters. The number of para-hydroxylation sites is 1. The first kappa shape index (κ1) is 9.28. The van der Waals surface area contributed by atoms with Gasteiger partial charge in [-0.1, -0.05) is 25.1 Å². The number of benzene rings is 1. The first-order valence-electron chi connectivity index (χ1n) is 5.44. The second-order valence-corrected chi connectivity index (χ2v) is 3.95. The molecule has 0 saturated heterocycles. The molecule has 0 spiro atoms. The number of carbonyl (C=O) groups is 1. The molecule has 3 rings (SSSR count). The lowest BCUT2D eigenvalue weighted by Gasteiger charge is -2.03. The zero-order chi connectivity index (χ0) is 11.1. The summed E-state index contributed by atoms with van der Waals surface area (Å²) in [6.45, 7) is 2.14. The van der Waals surface area contributed by atoms with Crippen molar-refractivity contribution in [2.24, 2.45) is 4.99 Å². The van der Waals surface area contributed by atoms with E-state index < -0.39 is 0 Å². The van der Waals surface area contributed by atoms with Crippen molar-refractivity contribution in [3.8, 4) is 0 Å². The molecule has 78 valence electrons. The van der Waals surface area contributed by atoms with E-state index in [9.17, 15) is 4.79 Å². The van der Waals surface area contributed by atoms with Gasteiger partial charge in [-0.05, 0) is 24.1 Å². The standard InChI is InChI=1S/C14H11NO/c1-2-9-6-7-12-13(9)11-5-3-4-10(8-16)14(11)15-12/h3-8H,2H2,1H3. The van der Waals surface area contributed by atoms with E-state index in [1.165, 1.54) is 11.1 Å². The van der Waals surface area contributed by atoms with E-state index in [2.05, 4.69) is 18.0 Å². The third kappa shape index (κ3) is 1.07. The van der Waals surface area contributed by atoms with Crippen LogP contribution in [0.25, 0.3) is 5.57 Å². The van der Waals surface area contributed by atoms with Gasteiger partial charge in [0.15, 0.2) is 6.29 Å². The van der Waals surface area contributed by atoms with Crippen molar-refractivity contribution in [2.75, 3.05) is 0 Å². The van der Waals surface area contributed by atoms with Crippen LogP contribution >= 0.6 is 0 Å². The molecule has 0 N–H and O–H groups in total. The van der Waals surface area contributed by atoms with Crippen LogP contribution in [0.4, 0.5) is 5.69 Å².